The predicted octanol–water partition coefficient (Wildman–Crippen LogP) is 3.01. The van der Waals surface area contributed by atoms with Gasteiger partial charge in [-0.3, -0.25) is 4.79 Å². The molecular formula is C15H9FO4. The minimum Gasteiger partial charge on any atom is -0.504 e. The molecule has 1 heterocycles. The Hall–Kier alpha value is -2.82. The fraction of sp³-hybridized carbons (Fsp3) is 0. The van der Waals surface area contributed by atoms with Gasteiger partial charge in [-0.25, -0.2) is 4.39 Å². The maximum absolute atomic E-state index is 13.2. The number of benzene rings is 2. The third-order valence-electron chi connectivity index (χ3n) is 2.96. The third kappa shape index (κ3) is 1.89. The highest BCUT2D eigenvalue weighted by Gasteiger charge is 2.13. The summed E-state index contributed by atoms with van der Waals surface area (Å²) >= 11 is 0. The average Bonchev–Trinajstić information content (AvgIpc) is 2.43. The molecule has 0 unspecified atom stereocenters. The van der Waals surface area contributed by atoms with Crippen LogP contribution < -0.4 is 5.43 Å². The lowest BCUT2D eigenvalue weighted by atomic mass is 10.1. The highest BCUT2D eigenvalue weighted by molar-refractivity contribution is 5.86. The van der Waals surface area contributed by atoms with E-state index in [1.54, 1.807) is 6.07 Å². The zero-order valence-electron chi connectivity index (χ0n) is 10.1. The van der Waals surface area contributed by atoms with Gasteiger partial charge in [-0.15, -0.1) is 0 Å². The van der Waals surface area contributed by atoms with E-state index in [9.17, 15) is 19.4 Å². The fourth-order valence-electron chi connectivity index (χ4n) is 1.98. The molecule has 0 saturated carbocycles. The highest BCUT2D eigenvalue weighted by Crippen LogP contribution is 2.34. The quantitative estimate of drug-likeness (QED) is 0.668. The van der Waals surface area contributed by atoms with E-state index < -0.39 is 17.3 Å². The molecular weight excluding hydrogens is 263 g/mol. The molecule has 4 nitrogen and oxygen atoms in total. The van der Waals surface area contributed by atoms with Crippen LogP contribution in [0.2, 0.25) is 0 Å². The maximum atomic E-state index is 13.2. The van der Waals surface area contributed by atoms with E-state index >= 15 is 0 Å². The highest BCUT2D eigenvalue weighted by atomic mass is 19.1. The van der Waals surface area contributed by atoms with Crippen LogP contribution in [0.5, 0.6) is 11.5 Å². The standard InChI is InChI=1S/C15H9FO4/c16-9-3-1-2-8(6-9)13-7-12(18)10-4-5-11(17)14(19)15(10)20-13/h1-7,17,19H. The molecule has 0 amide bonds. The summed E-state index contributed by atoms with van der Waals surface area (Å²) in [6, 6.07) is 9.32. The van der Waals surface area contributed by atoms with Crippen molar-refractivity contribution in [2.45, 2.75) is 0 Å². The molecule has 20 heavy (non-hydrogen) atoms. The summed E-state index contributed by atoms with van der Waals surface area (Å²) in [5.74, 6) is -1.26. The van der Waals surface area contributed by atoms with Crippen molar-refractivity contribution in [1.29, 1.82) is 0 Å². The molecule has 0 saturated heterocycles. The first-order chi connectivity index (χ1) is 9.56. The Morgan fingerprint density at radius 1 is 1.05 bits per heavy atom. The van der Waals surface area contributed by atoms with Crippen LogP contribution >= 0.6 is 0 Å². The van der Waals surface area contributed by atoms with Gasteiger partial charge in [-0.1, -0.05) is 12.1 Å². The average molecular weight is 272 g/mol. The number of phenols is 2. The van der Waals surface area contributed by atoms with Crippen molar-refractivity contribution in [1.82, 2.24) is 0 Å². The van der Waals surface area contributed by atoms with Crippen molar-refractivity contribution < 1.29 is 19.0 Å². The molecule has 0 aliphatic heterocycles. The smallest absolute Gasteiger partial charge is 0.201 e. The third-order valence-corrected chi connectivity index (χ3v) is 2.96. The molecule has 0 atom stereocenters. The number of hydrogen-bond acceptors (Lipinski definition) is 4. The topological polar surface area (TPSA) is 70.7 Å². The lowest BCUT2D eigenvalue weighted by Crippen LogP contribution is -2.00. The first kappa shape index (κ1) is 12.2. The van der Waals surface area contributed by atoms with E-state index in [0.717, 1.165) is 0 Å². The van der Waals surface area contributed by atoms with Crippen molar-refractivity contribution in [2.75, 3.05) is 0 Å². The zero-order valence-corrected chi connectivity index (χ0v) is 10.1. The SMILES string of the molecule is O=c1cc(-c2cccc(F)c2)oc2c(O)c(O)ccc12. The van der Waals surface area contributed by atoms with Crippen LogP contribution in [0.1, 0.15) is 0 Å². The molecule has 0 bridgehead atoms. The minimum absolute atomic E-state index is 0.114. The lowest BCUT2D eigenvalue weighted by Gasteiger charge is -2.05. The summed E-state index contributed by atoms with van der Waals surface area (Å²) in [7, 11) is 0. The number of hydrogen-bond donors (Lipinski definition) is 2. The van der Waals surface area contributed by atoms with Crippen molar-refractivity contribution in [3.8, 4) is 22.8 Å². The monoisotopic (exact) mass is 272 g/mol. The maximum Gasteiger partial charge on any atom is 0.201 e. The van der Waals surface area contributed by atoms with Crippen LogP contribution in [0.4, 0.5) is 4.39 Å². The molecule has 0 spiro atoms. The fourth-order valence-corrected chi connectivity index (χ4v) is 1.98. The van der Waals surface area contributed by atoms with Crippen molar-refractivity contribution in [3.63, 3.8) is 0 Å². The summed E-state index contributed by atoms with van der Waals surface area (Å²) < 4.78 is 18.6. The van der Waals surface area contributed by atoms with E-state index in [1.165, 1.54) is 36.4 Å². The van der Waals surface area contributed by atoms with Crippen molar-refractivity contribution >= 4 is 11.0 Å². The molecule has 0 aliphatic carbocycles. The predicted molar refractivity (Wildman–Crippen MR) is 71.2 cm³/mol. The van der Waals surface area contributed by atoms with E-state index in [-0.39, 0.29) is 22.2 Å². The Morgan fingerprint density at radius 3 is 2.60 bits per heavy atom. The normalized spacial score (nSPS) is 10.8. The van der Waals surface area contributed by atoms with Gasteiger partial charge in [0.25, 0.3) is 0 Å². The summed E-state index contributed by atoms with van der Waals surface area (Å²) in [5.41, 5.74) is -0.149. The Kier molecular flexibility index (Phi) is 2.68. The lowest BCUT2D eigenvalue weighted by molar-refractivity contribution is 0.400. The van der Waals surface area contributed by atoms with Gasteiger partial charge in [0.05, 0.1) is 5.39 Å². The minimum atomic E-state index is -0.516. The largest absolute Gasteiger partial charge is 0.504 e. The summed E-state index contributed by atoms with van der Waals surface area (Å²) in [4.78, 5) is 12.0. The second-order valence-electron chi connectivity index (χ2n) is 4.30. The van der Waals surface area contributed by atoms with E-state index in [4.69, 9.17) is 4.42 Å². The Balaban J connectivity index is 2.34. The number of phenolic OH excluding ortho intramolecular Hbond substituents is 2. The molecule has 5 heteroatoms. The zero-order chi connectivity index (χ0) is 14.3. The van der Waals surface area contributed by atoms with E-state index in [1.807, 2.05) is 0 Å². The van der Waals surface area contributed by atoms with E-state index in [2.05, 4.69) is 0 Å². The van der Waals surface area contributed by atoms with Gasteiger partial charge in [0.1, 0.15) is 11.6 Å². The summed E-state index contributed by atoms with van der Waals surface area (Å²) in [6.45, 7) is 0. The van der Waals surface area contributed by atoms with Gasteiger partial charge in [-0.2, -0.15) is 0 Å². The number of halogens is 1. The van der Waals surface area contributed by atoms with Gasteiger partial charge in [-0.05, 0) is 24.3 Å². The Bertz CT molecular complexity index is 867. The molecule has 3 rings (SSSR count). The van der Waals surface area contributed by atoms with Crippen molar-refractivity contribution in [3.05, 3.63) is 58.5 Å². The second-order valence-corrected chi connectivity index (χ2v) is 4.30. The molecule has 100 valence electrons. The molecule has 0 fully saturated rings. The molecule has 0 radical (unpaired) electrons. The number of aromatic hydroxyl groups is 2. The van der Waals surface area contributed by atoms with Gasteiger partial charge in [0.2, 0.25) is 5.75 Å². The van der Waals surface area contributed by atoms with Crippen molar-refractivity contribution in [2.24, 2.45) is 0 Å². The molecule has 0 aliphatic rings. The number of fused-ring (bicyclic) bond motifs is 1. The van der Waals surface area contributed by atoms with Crippen LogP contribution in [0.15, 0.2) is 51.7 Å². The summed E-state index contributed by atoms with van der Waals surface area (Å²) in [6.07, 6.45) is 0. The van der Waals surface area contributed by atoms with E-state index in [0.29, 0.717) is 5.56 Å². The second kappa shape index (κ2) is 4.38. The van der Waals surface area contributed by atoms with Crippen LogP contribution in [-0.4, -0.2) is 10.2 Å². The van der Waals surface area contributed by atoms with Crippen LogP contribution in [0, 0.1) is 5.82 Å². The Labute approximate surface area is 112 Å². The molecule has 1 aromatic heterocycles. The molecule has 2 aromatic carbocycles. The number of rotatable bonds is 1. The van der Waals surface area contributed by atoms with Gasteiger partial charge in [0.15, 0.2) is 16.8 Å². The van der Waals surface area contributed by atoms with Crippen LogP contribution in [-0.2, 0) is 0 Å². The molecule has 3 aromatic rings. The molecule has 2 N–H and O–H groups in total. The van der Waals surface area contributed by atoms with Crippen LogP contribution in [0.3, 0.4) is 0 Å². The summed E-state index contributed by atoms with van der Waals surface area (Å²) in [5, 5.41) is 19.3. The van der Waals surface area contributed by atoms with Gasteiger partial charge in [0, 0.05) is 11.6 Å². The van der Waals surface area contributed by atoms with Crippen LogP contribution in [0.25, 0.3) is 22.3 Å². The Morgan fingerprint density at radius 2 is 1.85 bits per heavy atom. The van der Waals surface area contributed by atoms with Gasteiger partial charge >= 0.3 is 0 Å². The first-order valence-corrected chi connectivity index (χ1v) is 5.81. The van der Waals surface area contributed by atoms with Gasteiger partial charge < -0.3 is 14.6 Å². The first-order valence-electron chi connectivity index (χ1n) is 5.81.